The molecule has 6 rings (SSSR count). The van der Waals surface area contributed by atoms with Crippen LogP contribution in [0.3, 0.4) is 0 Å². The first-order chi connectivity index (χ1) is 15.1. The Morgan fingerprint density at radius 2 is 1.87 bits per heavy atom. The number of H-pyrrole nitrogens is 1. The van der Waals surface area contributed by atoms with Gasteiger partial charge in [-0.2, -0.15) is 5.10 Å². The number of pyridine rings is 1. The van der Waals surface area contributed by atoms with Crippen LogP contribution in [0, 0.1) is 0 Å². The molecular formula is C22H12IN5O2S. The predicted octanol–water partition coefficient (Wildman–Crippen LogP) is 4.50. The second kappa shape index (κ2) is 6.86. The molecule has 0 saturated heterocycles. The molecule has 0 bridgehead atoms. The number of benzene rings is 2. The zero-order valence-corrected chi connectivity index (χ0v) is 18.7. The minimum atomic E-state index is -0.487. The minimum absolute atomic E-state index is 0.356. The molecule has 0 atom stereocenters. The van der Waals surface area contributed by atoms with Gasteiger partial charge in [-0.25, -0.2) is 12.3 Å². The number of rotatable bonds is 2. The number of halogens is 1. The lowest BCUT2D eigenvalue weighted by Crippen LogP contribution is -2.33. The van der Waals surface area contributed by atoms with Crippen molar-refractivity contribution in [2.24, 2.45) is 0 Å². The number of fused-ring (bicyclic) bond motifs is 3. The molecule has 0 spiro atoms. The van der Waals surface area contributed by atoms with Gasteiger partial charge in [0.25, 0.3) is 5.56 Å². The molecule has 6 aromatic rings. The monoisotopic (exact) mass is 537 g/mol. The second-order valence-electron chi connectivity index (χ2n) is 7.10. The lowest BCUT2D eigenvalue weighted by molar-refractivity contribution is 0.905. The fraction of sp³-hybridized carbons (Fsp3) is 0. The number of aromatic amines is 1. The molecule has 0 aliphatic rings. The summed E-state index contributed by atoms with van der Waals surface area (Å²) in [7, 11) is 0. The summed E-state index contributed by atoms with van der Waals surface area (Å²) in [6.07, 6.45) is 5.21. The van der Waals surface area contributed by atoms with Crippen molar-refractivity contribution >= 4 is 66.1 Å². The summed E-state index contributed by atoms with van der Waals surface area (Å²) in [5, 5.41) is 7.14. The van der Waals surface area contributed by atoms with Crippen molar-refractivity contribution in [2.75, 3.05) is 0 Å². The summed E-state index contributed by atoms with van der Waals surface area (Å²) in [6.45, 7) is 0. The van der Waals surface area contributed by atoms with Crippen LogP contribution in [0.5, 0.6) is 0 Å². The van der Waals surface area contributed by atoms with E-state index in [0.29, 0.717) is 15.9 Å². The van der Waals surface area contributed by atoms with Crippen molar-refractivity contribution in [3.63, 3.8) is 0 Å². The maximum atomic E-state index is 13.4. The van der Waals surface area contributed by atoms with Crippen LogP contribution < -0.4 is 11.2 Å². The average molecular weight is 537 g/mol. The second-order valence-corrected chi connectivity index (χ2v) is 9.14. The molecule has 4 aromatic heterocycles. The summed E-state index contributed by atoms with van der Waals surface area (Å²) in [6, 6.07) is 15.4. The van der Waals surface area contributed by atoms with Gasteiger partial charge in [0.05, 0.1) is 45.8 Å². The molecule has 150 valence electrons. The molecule has 9 heteroatoms. The molecule has 4 heterocycles. The number of thiophene rings is 1. The van der Waals surface area contributed by atoms with Gasteiger partial charge in [0.1, 0.15) is 4.70 Å². The van der Waals surface area contributed by atoms with Crippen LogP contribution in [0.2, 0.25) is 0 Å². The summed E-state index contributed by atoms with van der Waals surface area (Å²) < 4.78 is 3.40. The van der Waals surface area contributed by atoms with Crippen molar-refractivity contribution in [3.8, 4) is 16.1 Å². The minimum Gasteiger partial charge on any atom is -0.306 e. The fourth-order valence-electron chi connectivity index (χ4n) is 3.79. The Hall–Kier alpha value is -3.31. The van der Waals surface area contributed by atoms with Gasteiger partial charge in [-0.1, -0.05) is 36.4 Å². The normalized spacial score (nSPS) is 11.6. The standard InChI is InChI=1S/C22H12IN5O2S/c23-27-11-14-6-5-12(7-16(14)26-27)19-8-17-20(31-19)21(29)28(22(30)25-17)18-10-24-9-13-3-1-2-4-15(13)18/h1-11H,(H,25,30). The number of hydrogen-bond acceptors (Lipinski definition) is 5. The van der Waals surface area contributed by atoms with Crippen LogP contribution in [0.15, 0.2) is 76.7 Å². The smallest absolute Gasteiger partial charge is 0.306 e. The molecule has 1 N–H and O–H groups in total. The molecule has 31 heavy (non-hydrogen) atoms. The summed E-state index contributed by atoms with van der Waals surface area (Å²) in [5.41, 5.74) is 1.97. The van der Waals surface area contributed by atoms with Crippen molar-refractivity contribution in [1.29, 1.82) is 0 Å². The molecule has 0 aliphatic carbocycles. The Morgan fingerprint density at radius 1 is 1.00 bits per heavy atom. The van der Waals surface area contributed by atoms with Gasteiger partial charge in [0.15, 0.2) is 0 Å². The number of nitrogens with one attached hydrogen (secondary N) is 1. The molecule has 7 nitrogen and oxygen atoms in total. The highest BCUT2D eigenvalue weighted by Gasteiger charge is 2.16. The molecule has 0 saturated carbocycles. The topological polar surface area (TPSA) is 85.6 Å². The van der Waals surface area contributed by atoms with Crippen LogP contribution in [0.4, 0.5) is 0 Å². The van der Waals surface area contributed by atoms with E-state index in [0.717, 1.165) is 32.1 Å². The molecule has 2 aromatic carbocycles. The van der Waals surface area contributed by atoms with Gasteiger partial charge >= 0.3 is 5.69 Å². The van der Waals surface area contributed by atoms with Crippen molar-refractivity contribution in [2.45, 2.75) is 0 Å². The van der Waals surface area contributed by atoms with Gasteiger partial charge in [0.2, 0.25) is 0 Å². The highest BCUT2D eigenvalue weighted by atomic mass is 127. The number of hydrogen-bond donors (Lipinski definition) is 1. The molecule has 0 aliphatic heterocycles. The lowest BCUT2D eigenvalue weighted by atomic mass is 10.1. The van der Waals surface area contributed by atoms with Gasteiger partial charge in [0, 0.05) is 33.4 Å². The van der Waals surface area contributed by atoms with Gasteiger partial charge in [-0.05, 0) is 17.7 Å². The van der Waals surface area contributed by atoms with E-state index in [2.05, 4.69) is 37.9 Å². The average Bonchev–Trinajstić information content (AvgIpc) is 3.36. The van der Waals surface area contributed by atoms with Gasteiger partial charge in [-0.15, -0.1) is 11.3 Å². The zero-order chi connectivity index (χ0) is 21.1. The van der Waals surface area contributed by atoms with Crippen LogP contribution in [0.1, 0.15) is 0 Å². The predicted molar refractivity (Wildman–Crippen MR) is 131 cm³/mol. The van der Waals surface area contributed by atoms with Gasteiger partial charge < -0.3 is 4.98 Å². The largest absolute Gasteiger partial charge is 0.333 e. The van der Waals surface area contributed by atoms with Crippen LogP contribution in [-0.2, 0) is 0 Å². The number of aromatic nitrogens is 5. The zero-order valence-electron chi connectivity index (χ0n) is 15.7. The molecule has 0 amide bonds. The molecule has 0 unspecified atom stereocenters. The van der Waals surface area contributed by atoms with E-state index < -0.39 is 5.69 Å². The van der Waals surface area contributed by atoms with E-state index in [9.17, 15) is 9.59 Å². The van der Waals surface area contributed by atoms with Crippen LogP contribution in [0.25, 0.3) is 48.0 Å². The molecule has 0 radical (unpaired) electrons. The molecular weight excluding hydrogens is 525 g/mol. The van der Waals surface area contributed by atoms with E-state index in [1.54, 1.807) is 15.3 Å². The highest BCUT2D eigenvalue weighted by molar-refractivity contribution is 14.1. The Kier molecular flexibility index (Phi) is 4.08. The van der Waals surface area contributed by atoms with E-state index in [1.807, 2.05) is 54.7 Å². The lowest BCUT2D eigenvalue weighted by Gasteiger charge is -2.07. The van der Waals surface area contributed by atoms with Crippen molar-refractivity contribution in [3.05, 3.63) is 88.0 Å². The van der Waals surface area contributed by atoms with Crippen molar-refractivity contribution in [1.82, 2.24) is 22.5 Å². The van der Waals surface area contributed by atoms with Gasteiger partial charge in [-0.3, -0.25) is 9.78 Å². The van der Waals surface area contributed by atoms with E-state index in [1.165, 1.54) is 15.9 Å². The highest BCUT2D eigenvalue weighted by Crippen LogP contribution is 2.32. The Bertz CT molecular complexity index is 1760. The third-order valence-corrected chi connectivity index (χ3v) is 6.89. The number of nitrogens with zero attached hydrogens (tertiary/aromatic N) is 4. The Morgan fingerprint density at radius 3 is 2.77 bits per heavy atom. The maximum Gasteiger partial charge on any atom is 0.333 e. The first-order valence-electron chi connectivity index (χ1n) is 9.36. The van der Waals surface area contributed by atoms with E-state index >= 15 is 0 Å². The van der Waals surface area contributed by atoms with Crippen molar-refractivity contribution < 1.29 is 0 Å². The quantitative estimate of drug-likeness (QED) is 0.330. The third kappa shape index (κ3) is 2.92. The summed E-state index contributed by atoms with van der Waals surface area (Å²) in [4.78, 5) is 34.2. The summed E-state index contributed by atoms with van der Waals surface area (Å²) in [5.74, 6) is 0. The summed E-state index contributed by atoms with van der Waals surface area (Å²) >= 11 is 3.47. The molecule has 0 fully saturated rings. The first kappa shape index (κ1) is 18.5. The first-order valence-corrected chi connectivity index (χ1v) is 11.1. The fourth-order valence-corrected chi connectivity index (χ4v) is 5.36. The van der Waals surface area contributed by atoms with Crippen LogP contribution >= 0.6 is 34.2 Å². The van der Waals surface area contributed by atoms with Crippen LogP contribution in [-0.4, -0.2) is 22.5 Å². The van der Waals surface area contributed by atoms with E-state index in [4.69, 9.17) is 0 Å². The SMILES string of the molecule is O=c1[nH]c2cc(-c3ccc4cn(I)nc4c3)sc2c(=O)n1-c1cncc2ccccc12. The third-order valence-electron chi connectivity index (χ3n) is 5.23. The van der Waals surface area contributed by atoms with E-state index in [-0.39, 0.29) is 5.56 Å². The Balaban J connectivity index is 1.58. The maximum absolute atomic E-state index is 13.4. The Labute approximate surface area is 192 Å².